The van der Waals surface area contributed by atoms with Crippen molar-refractivity contribution in [3.8, 4) is 0 Å². The molecule has 96 valence electrons. The largest absolute Gasteiger partial charge is 0.390 e. The summed E-state index contributed by atoms with van der Waals surface area (Å²) in [5.41, 5.74) is 0.614. The van der Waals surface area contributed by atoms with Gasteiger partial charge in [0.25, 0.3) is 0 Å². The van der Waals surface area contributed by atoms with Crippen molar-refractivity contribution in [2.75, 3.05) is 18.0 Å². The van der Waals surface area contributed by atoms with Gasteiger partial charge in [0.2, 0.25) is 0 Å². The molecule has 0 spiro atoms. The van der Waals surface area contributed by atoms with E-state index in [1.807, 2.05) is 12.1 Å². The summed E-state index contributed by atoms with van der Waals surface area (Å²) in [6, 6.07) is 3.76. The van der Waals surface area contributed by atoms with Gasteiger partial charge in [-0.1, -0.05) is 27.7 Å². The summed E-state index contributed by atoms with van der Waals surface area (Å²) >= 11 is 0. The minimum Gasteiger partial charge on any atom is -0.390 e. The van der Waals surface area contributed by atoms with Crippen molar-refractivity contribution in [3.05, 3.63) is 17.8 Å². The zero-order valence-electron chi connectivity index (χ0n) is 11.2. The monoisotopic (exact) mass is 237 g/mol. The maximum atomic E-state index is 8.94. The van der Waals surface area contributed by atoms with Gasteiger partial charge in [0.05, 0.1) is 12.3 Å². The molecule has 0 aliphatic carbocycles. The van der Waals surface area contributed by atoms with Crippen LogP contribution >= 0.6 is 0 Å². The molecule has 0 aromatic carbocycles. The van der Waals surface area contributed by atoms with Crippen molar-refractivity contribution in [2.45, 2.75) is 34.3 Å². The number of anilines is 1. The summed E-state index contributed by atoms with van der Waals surface area (Å²) in [6.45, 7) is 10.7. The normalized spacial score (nSPS) is 11.2. The van der Waals surface area contributed by atoms with Gasteiger partial charge in [-0.05, 0) is 24.0 Å². The maximum absolute atomic E-state index is 8.94. The molecular formula is C13H23N3O. The molecule has 17 heavy (non-hydrogen) atoms. The fraction of sp³-hybridized carbons (Fsp3) is 0.692. The van der Waals surface area contributed by atoms with E-state index in [-0.39, 0.29) is 6.61 Å². The lowest BCUT2D eigenvalue weighted by molar-refractivity contribution is 0.275. The lowest BCUT2D eigenvalue weighted by Crippen LogP contribution is -2.32. The van der Waals surface area contributed by atoms with Crippen LogP contribution in [-0.2, 0) is 6.61 Å². The van der Waals surface area contributed by atoms with Gasteiger partial charge in [0, 0.05) is 13.1 Å². The van der Waals surface area contributed by atoms with Crippen molar-refractivity contribution < 1.29 is 5.11 Å². The van der Waals surface area contributed by atoms with Crippen LogP contribution in [0.5, 0.6) is 0 Å². The zero-order valence-corrected chi connectivity index (χ0v) is 11.2. The van der Waals surface area contributed by atoms with E-state index in [0.29, 0.717) is 17.5 Å². The lowest BCUT2D eigenvalue weighted by Gasteiger charge is -2.26. The van der Waals surface area contributed by atoms with E-state index in [2.05, 4.69) is 42.8 Å². The summed E-state index contributed by atoms with van der Waals surface area (Å²) in [5.74, 6) is 2.07. The van der Waals surface area contributed by atoms with E-state index in [0.717, 1.165) is 18.9 Å². The van der Waals surface area contributed by atoms with Gasteiger partial charge in [0.15, 0.2) is 5.82 Å². The van der Waals surface area contributed by atoms with Crippen LogP contribution in [0.25, 0.3) is 0 Å². The van der Waals surface area contributed by atoms with Gasteiger partial charge in [-0.3, -0.25) is 0 Å². The second-order valence-electron chi connectivity index (χ2n) is 5.23. The highest BCUT2D eigenvalue weighted by Gasteiger charge is 2.12. The van der Waals surface area contributed by atoms with Gasteiger partial charge in [-0.2, -0.15) is 5.10 Å². The quantitative estimate of drug-likeness (QED) is 0.823. The van der Waals surface area contributed by atoms with Crippen molar-refractivity contribution in [1.29, 1.82) is 0 Å². The Bertz CT molecular complexity index is 312. The Hall–Kier alpha value is -1.16. The zero-order chi connectivity index (χ0) is 12.8. The summed E-state index contributed by atoms with van der Waals surface area (Å²) in [6.07, 6.45) is 0. The average molecular weight is 237 g/mol. The van der Waals surface area contributed by atoms with Crippen LogP contribution in [0.1, 0.15) is 33.4 Å². The van der Waals surface area contributed by atoms with Gasteiger partial charge >= 0.3 is 0 Å². The average Bonchev–Trinajstić information content (AvgIpc) is 2.27. The number of aromatic nitrogens is 2. The Labute approximate surface area is 104 Å². The topological polar surface area (TPSA) is 49.2 Å². The fourth-order valence-electron chi connectivity index (χ4n) is 1.75. The van der Waals surface area contributed by atoms with E-state index < -0.39 is 0 Å². The molecule has 0 bridgehead atoms. The molecular weight excluding hydrogens is 214 g/mol. The highest BCUT2D eigenvalue weighted by atomic mass is 16.3. The molecule has 1 rings (SSSR count). The number of hydrogen-bond acceptors (Lipinski definition) is 4. The Morgan fingerprint density at radius 3 is 2.00 bits per heavy atom. The van der Waals surface area contributed by atoms with Crippen LogP contribution in [0.15, 0.2) is 12.1 Å². The van der Waals surface area contributed by atoms with Crippen LogP contribution in [0, 0.1) is 11.8 Å². The highest BCUT2D eigenvalue weighted by Crippen LogP contribution is 2.14. The highest BCUT2D eigenvalue weighted by molar-refractivity contribution is 5.37. The Morgan fingerprint density at radius 2 is 1.65 bits per heavy atom. The molecule has 0 saturated carbocycles. The van der Waals surface area contributed by atoms with Crippen LogP contribution in [0.2, 0.25) is 0 Å². The molecule has 0 unspecified atom stereocenters. The fourth-order valence-corrected chi connectivity index (χ4v) is 1.75. The molecule has 0 atom stereocenters. The molecule has 0 aliphatic heterocycles. The van der Waals surface area contributed by atoms with E-state index in [9.17, 15) is 0 Å². The predicted molar refractivity (Wildman–Crippen MR) is 69.8 cm³/mol. The van der Waals surface area contributed by atoms with Gasteiger partial charge < -0.3 is 10.0 Å². The Morgan fingerprint density at radius 1 is 1.06 bits per heavy atom. The van der Waals surface area contributed by atoms with Crippen molar-refractivity contribution in [1.82, 2.24) is 10.2 Å². The Balaban J connectivity index is 2.79. The molecule has 4 nitrogen and oxygen atoms in total. The van der Waals surface area contributed by atoms with E-state index in [4.69, 9.17) is 5.11 Å². The number of rotatable bonds is 6. The smallest absolute Gasteiger partial charge is 0.151 e. The molecule has 1 aromatic heterocycles. The Kier molecular flexibility index (Phi) is 5.35. The van der Waals surface area contributed by atoms with Crippen molar-refractivity contribution in [2.24, 2.45) is 11.8 Å². The van der Waals surface area contributed by atoms with Crippen LogP contribution in [-0.4, -0.2) is 28.4 Å². The molecule has 0 amide bonds. The molecule has 1 heterocycles. The molecule has 0 saturated heterocycles. The molecule has 1 aromatic rings. The minimum atomic E-state index is -0.0539. The standard InChI is InChI=1S/C13H23N3O/c1-10(2)7-16(8-11(3)4)13-6-5-12(9-17)14-15-13/h5-6,10-11,17H,7-9H2,1-4H3. The molecule has 0 aliphatic rings. The number of aliphatic hydroxyl groups is 1. The maximum Gasteiger partial charge on any atom is 0.151 e. The number of aliphatic hydroxyl groups excluding tert-OH is 1. The third-order valence-corrected chi connectivity index (χ3v) is 2.36. The van der Waals surface area contributed by atoms with E-state index in [1.54, 1.807) is 0 Å². The molecule has 0 radical (unpaired) electrons. The summed E-state index contributed by atoms with van der Waals surface area (Å²) in [5, 5.41) is 17.1. The molecule has 1 N–H and O–H groups in total. The summed E-state index contributed by atoms with van der Waals surface area (Å²) in [4.78, 5) is 2.25. The predicted octanol–water partition coefficient (Wildman–Crippen LogP) is 2.09. The minimum absolute atomic E-state index is 0.0539. The van der Waals surface area contributed by atoms with Gasteiger partial charge in [-0.15, -0.1) is 5.10 Å². The first-order chi connectivity index (χ1) is 8.02. The summed E-state index contributed by atoms with van der Waals surface area (Å²) in [7, 11) is 0. The number of hydrogen-bond donors (Lipinski definition) is 1. The first-order valence-corrected chi connectivity index (χ1v) is 6.21. The van der Waals surface area contributed by atoms with Crippen molar-refractivity contribution in [3.63, 3.8) is 0 Å². The third-order valence-electron chi connectivity index (χ3n) is 2.36. The second kappa shape index (κ2) is 6.55. The SMILES string of the molecule is CC(C)CN(CC(C)C)c1ccc(CO)nn1. The van der Waals surface area contributed by atoms with Crippen LogP contribution in [0.4, 0.5) is 5.82 Å². The van der Waals surface area contributed by atoms with Crippen LogP contribution < -0.4 is 4.90 Å². The van der Waals surface area contributed by atoms with E-state index >= 15 is 0 Å². The first-order valence-electron chi connectivity index (χ1n) is 6.21. The van der Waals surface area contributed by atoms with Gasteiger partial charge in [0.1, 0.15) is 0 Å². The lowest BCUT2D eigenvalue weighted by atomic mass is 10.1. The molecule has 4 heteroatoms. The second-order valence-corrected chi connectivity index (χ2v) is 5.23. The summed E-state index contributed by atoms with van der Waals surface area (Å²) < 4.78 is 0. The van der Waals surface area contributed by atoms with Crippen molar-refractivity contribution >= 4 is 5.82 Å². The van der Waals surface area contributed by atoms with Crippen LogP contribution in [0.3, 0.4) is 0 Å². The number of nitrogens with zero attached hydrogens (tertiary/aromatic N) is 3. The first kappa shape index (κ1) is 13.9. The van der Waals surface area contributed by atoms with E-state index in [1.165, 1.54) is 0 Å². The third kappa shape index (κ3) is 4.69. The van der Waals surface area contributed by atoms with Gasteiger partial charge in [-0.25, -0.2) is 0 Å². The molecule has 0 fully saturated rings.